The van der Waals surface area contributed by atoms with Crippen molar-refractivity contribution in [1.29, 1.82) is 5.26 Å². The second-order valence-corrected chi connectivity index (χ2v) is 8.69. The molecule has 164 valence electrons. The van der Waals surface area contributed by atoms with Crippen LogP contribution >= 0.6 is 27.5 Å². The van der Waals surface area contributed by atoms with Crippen molar-refractivity contribution in [3.8, 4) is 17.6 Å². The largest absolute Gasteiger partial charge is 0.490 e. The molecule has 0 aliphatic rings. The smallest absolute Gasteiger partial charge is 0.180 e. The molecule has 0 bridgehead atoms. The van der Waals surface area contributed by atoms with Gasteiger partial charge < -0.3 is 9.47 Å². The summed E-state index contributed by atoms with van der Waals surface area (Å²) in [7, 11) is 0. The van der Waals surface area contributed by atoms with Gasteiger partial charge in [-0.25, -0.2) is 0 Å². The summed E-state index contributed by atoms with van der Waals surface area (Å²) in [5.41, 5.74) is 3.19. The van der Waals surface area contributed by atoms with E-state index < -0.39 is 0 Å². The van der Waals surface area contributed by atoms with Crippen molar-refractivity contribution >= 4 is 50.0 Å². The summed E-state index contributed by atoms with van der Waals surface area (Å²) in [5, 5.41) is 12.4. The molecule has 0 heterocycles. The van der Waals surface area contributed by atoms with E-state index in [1.54, 1.807) is 12.1 Å². The molecule has 0 saturated heterocycles. The van der Waals surface area contributed by atoms with E-state index in [9.17, 15) is 5.26 Å². The van der Waals surface area contributed by atoms with E-state index in [4.69, 9.17) is 21.1 Å². The Kier molecular flexibility index (Phi) is 7.34. The molecular weight excluding hydrogens is 498 g/mol. The lowest BCUT2D eigenvalue weighted by atomic mass is 10.0. The lowest BCUT2D eigenvalue weighted by molar-refractivity contribution is 0.270. The molecule has 0 N–H and O–H groups in total. The van der Waals surface area contributed by atoms with Gasteiger partial charge in [-0.15, -0.1) is 0 Å². The fourth-order valence-electron chi connectivity index (χ4n) is 3.62. The zero-order valence-corrected chi connectivity index (χ0v) is 20.4. The minimum Gasteiger partial charge on any atom is -0.490 e. The maximum absolute atomic E-state index is 9.68. The number of ether oxygens (including phenoxy) is 2. The number of rotatable bonds is 7. The van der Waals surface area contributed by atoms with Gasteiger partial charge >= 0.3 is 0 Å². The second-order valence-electron chi connectivity index (χ2n) is 7.37. The van der Waals surface area contributed by atoms with Crippen LogP contribution in [0.2, 0.25) is 5.02 Å². The highest BCUT2D eigenvalue weighted by Gasteiger charge is 2.14. The Bertz CT molecular complexity index is 1350. The van der Waals surface area contributed by atoms with E-state index in [0.717, 1.165) is 31.9 Å². The van der Waals surface area contributed by atoms with Crippen molar-refractivity contribution in [3.05, 3.63) is 105 Å². The minimum atomic E-state index is 0.360. The van der Waals surface area contributed by atoms with Gasteiger partial charge in [0.25, 0.3) is 0 Å². The van der Waals surface area contributed by atoms with Crippen molar-refractivity contribution in [2.24, 2.45) is 0 Å². The van der Waals surface area contributed by atoms with Crippen molar-refractivity contribution in [3.63, 3.8) is 0 Å². The third-order valence-corrected chi connectivity index (χ3v) is 5.98. The van der Waals surface area contributed by atoms with Crippen LogP contribution < -0.4 is 9.47 Å². The number of fused-ring (bicyclic) bond motifs is 1. The van der Waals surface area contributed by atoms with E-state index in [1.807, 2.05) is 61.5 Å². The molecule has 4 aromatic rings. The average molecular weight is 519 g/mol. The first kappa shape index (κ1) is 22.9. The Morgan fingerprint density at radius 2 is 1.76 bits per heavy atom. The Morgan fingerprint density at radius 3 is 2.52 bits per heavy atom. The first-order chi connectivity index (χ1) is 16.1. The molecule has 0 fully saturated rings. The molecule has 0 spiro atoms. The van der Waals surface area contributed by atoms with Gasteiger partial charge in [0.05, 0.1) is 23.3 Å². The van der Waals surface area contributed by atoms with Crippen LogP contribution in [-0.2, 0) is 6.61 Å². The van der Waals surface area contributed by atoms with E-state index in [1.165, 1.54) is 0 Å². The number of nitriles is 1. The van der Waals surface area contributed by atoms with Crippen LogP contribution in [0.5, 0.6) is 11.5 Å². The number of halogens is 2. The van der Waals surface area contributed by atoms with Gasteiger partial charge in [0.1, 0.15) is 6.61 Å². The zero-order valence-electron chi connectivity index (χ0n) is 18.0. The van der Waals surface area contributed by atoms with Crippen LogP contribution in [0.15, 0.2) is 83.3 Å². The molecule has 0 radical (unpaired) electrons. The van der Waals surface area contributed by atoms with Crippen LogP contribution in [0.25, 0.3) is 22.4 Å². The molecule has 4 rings (SSSR count). The first-order valence-corrected chi connectivity index (χ1v) is 11.7. The molecule has 3 nitrogen and oxygen atoms in total. The third kappa shape index (κ3) is 5.39. The second kappa shape index (κ2) is 10.6. The summed E-state index contributed by atoms with van der Waals surface area (Å²) in [6.45, 7) is 2.73. The van der Waals surface area contributed by atoms with Crippen molar-refractivity contribution in [2.45, 2.75) is 13.5 Å². The minimum absolute atomic E-state index is 0.360. The van der Waals surface area contributed by atoms with Crippen LogP contribution in [0.1, 0.15) is 23.6 Å². The molecule has 0 saturated carbocycles. The van der Waals surface area contributed by atoms with Gasteiger partial charge in [0.2, 0.25) is 0 Å². The monoisotopic (exact) mass is 517 g/mol. The van der Waals surface area contributed by atoms with Crippen LogP contribution in [0.4, 0.5) is 0 Å². The molecule has 0 aliphatic heterocycles. The van der Waals surface area contributed by atoms with Gasteiger partial charge in [-0.05, 0) is 64.7 Å². The molecule has 5 heteroatoms. The van der Waals surface area contributed by atoms with E-state index >= 15 is 0 Å². The Balaban J connectivity index is 1.65. The Hall–Kier alpha value is -3.26. The topological polar surface area (TPSA) is 42.2 Å². The molecule has 0 amide bonds. The van der Waals surface area contributed by atoms with E-state index in [0.29, 0.717) is 35.3 Å². The van der Waals surface area contributed by atoms with Crippen molar-refractivity contribution in [2.75, 3.05) is 6.61 Å². The van der Waals surface area contributed by atoms with Crippen LogP contribution in [-0.4, -0.2) is 6.61 Å². The summed E-state index contributed by atoms with van der Waals surface area (Å²) in [6.07, 6.45) is 1.80. The summed E-state index contributed by atoms with van der Waals surface area (Å²) in [4.78, 5) is 0. The lowest BCUT2D eigenvalue weighted by Gasteiger charge is -2.15. The molecular formula is C28H21BrClNO2. The number of hydrogen-bond acceptors (Lipinski definition) is 3. The Morgan fingerprint density at radius 1 is 1.00 bits per heavy atom. The van der Waals surface area contributed by atoms with E-state index in [2.05, 4.69) is 40.2 Å². The van der Waals surface area contributed by atoms with Gasteiger partial charge in [-0.1, -0.05) is 82.1 Å². The summed E-state index contributed by atoms with van der Waals surface area (Å²) >= 11 is 10.0. The highest BCUT2D eigenvalue weighted by atomic mass is 79.9. The summed E-state index contributed by atoms with van der Waals surface area (Å²) in [5.74, 6) is 1.04. The third-order valence-electron chi connectivity index (χ3n) is 5.17. The normalized spacial score (nSPS) is 11.3. The predicted molar refractivity (Wildman–Crippen MR) is 139 cm³/mol. The molecule has 33 heavy (non-hydrogen) atoms. The fourth-order valence-corrected chi connectivity index (χ4v) is 4.16. The molecule has 0 unspecified atom stereocenters. The standard InChI is InChI=1S/C28H21BrClNO2/c1-2-32-27-16-19(14-23(17-31)20-10-12-24(29)13-11-20)15-26(30)28(27)33-18-22-8-5-7-21-6-3-4-9-25(21)22/h3-16H,2,18H2,1H3/b23-14+. The van der Waals surface area contributed by atoms with Gasteiger partial charge in [-0.3, -0.25) is 0 Å². The number of benzene rings is 4. The number of hydrogen-bond donors (Lipinski definition) is 0. The molecule has 0 aromatic heterocycles. The average Bonchev–Trinajstić information content (AvgIpc) is 2.83. The van der Waals surface area contributed by atoms with Gasteiger partial charge in [-0.2, -0.15) is 5.26 Å². The van der Waals surface area contributed by atoms with Gasteiger partial charge in [0.15, 0.2) is 11.5 Å². The lowest BCUT2D eigenvalue weighted by Crippen LogP contribution is -2.01. The summed E-state index contributed by atoms with van der Waals surface area (Å²) < 4.78 is 13.0. The van der Waals surface area contributed by atoms with Gasteiger partial charge in [0, 0.05) is 4.47 Å². The van der Waals surface area contributed by atoms with E-state index in [-0.39, 0.29) is 0 Å². The highest BCUT2D eigenvalue weighted by Crippen LogP contribution is 2.38. The SMILES string of the molecule is CCOc1cc(/C=C(\C#N)c2ccc(Br)cc2)cc(Cl)c1OCc1cccc2ccccc12. The molecule has 4 aromatic carbocycles. The van der Waals surface area contributed by atoms with Crippen molar-refractivity contribution < 1.29 is 9.47 Å². The maximum Gasteiger partial charge on any atom is 0.180 e. The molecule has 0 atom stereocenters. The van der Waals surface area contributed by atoms with Crippen molar-refractivity contribution in [1.82, 2.24) is 0 Å². The Labute approximate surface area is 207 Å². The predicted octanol–water partition coefficient (Wildman–Crippen LogP) is 8.30. The zero-order chi connectivity index (χ0) is 23.2. The number of nitrogens with zero attached hydrogens (tertiary/aromatic N) is 1. The molecule has 0 aliphatic carbocycles. The van der Waals surface area contributed by atoms with Crippen LogP contribution in [0.3, 0.4) is 0 Å². The van der Waals surface area contributed by atoms with Crippen LogP contribution in [0, 0.1) is 11.3 Å². The number of allylic oxidation sites excluding steroid dienone is 1. The quantitative estimate of drug-likeness (QED) is 0.182. The summed E-state index contributed by atoms with van der Waals surface area (Å²) in [6, 6.07) is 27.9. The maximum atomic E-state index is 9.68. The highest BCUT2D eigenvalue weighted by molar-refractivity contribution is 9.10. The first-order valence-electron chi connectivity index (χ1n) is 10.5. The fraction of sp³-hybridized carbons (Fsp3) is 0.107.